The maximum absolute atomic E-state index is 12.3. The molecule has 0 saturated heterocycles. The van der Waals surface area contributed by atoms with Gasteiger partial charge < -0.3 is 0 Å². The molecule has 0 saturated carbocycles. The molecule has 0 aliphatic carbocycles. The van der Waals surface area contributed by atoms with Gasteiger partial charge in [0.05, 0.1) is 16.1 Å². The number of aromatic nitrogens is 1. The Kier molecular flexibility index (Phi) is 4.82. The Morgan fingerprint density at radius 2 is 1.59 bits per heavy atom. The molecule has 1 aliphatic rings. The van der Waals surface area contributed by atoms with E-state index in [-0.39, 0.29) is 11.8 Å². The largest absolute Gasteiger partial charge is 0.273 e. The van der Waals surface area contributed by atoms with Crippen LogP contribution in [0.15, 0.2) is 60.0 Å². The third-order valence-electron chi connectivity index (χ3n) is 4.30. The summed E-state index contributed by atoms with van der Waals surface area (Å²) in [5.74, 6) is 5.57. The fourth-order valence-electron chi connectivity index (χ4n) is 2.98. The van der Waals surface area contributed by atoms with Crippen LogP contribution < -0.4 is 0 Å². The molecule has 1 aromatic heterocycles. The summed E-state index contributed by atoms with van der Waals surface area (Å²) in [4.78, 5) is 30.4. The standard InChI is InChI=1S/C22H16N2O2S/c25-21-18-11-4-5-12-19(18)22(26)24(21)13-7-6-10-17-15-27-20(23-17)14-16-8-2-1-3-9-16/h1-5,8-9,11-12,15H,7,13-14H2. The molecule has 0 fully saturated rings. The van der Waals surface area contributed by atoms with Gasteiger partial charge in [-0.1, -0.05) is 48.4 Å². The molecule has 5 heteroatoms. The number of benzene rings is 2. The Morgan fingerprint density at radius 3 is 2.30 bits per heavy atom. The molecule has 0 spiro atoms. The van der Waals surface area contributed by atoms with Gasteiger partial charge in [-0.05, 0) is 23.6 Å². The van der Waals surface area contributed by atoms with Crippen LogP contribution in [0.4, 0.5) is 0 Å². The Labute approximate surface area is 161 Å². The fourth-order valence-corrected chi connectivity index (χ4v) is 3.74. The van der Waals surface area contributed by atoms with E-state index in [4.69, 9.17) is 0 Å². The van der Waals surface area contributed by atoms with Crippen LogP contribution >= 0.6 is 11.3 Å². The molecular weight excluding hydrogens is 356 g/mol. The van der Waals surface area contributed by atoms with E-state index in [0.29, 0.717) is 24.1 Å². The number of fused-ring (bicyclic) bond motifs is 1. The number of amides is 2. The topological polar surface area (TPSA) is 50.3 Å². The van der Waals surface area contributed by atoms with Crippen molar-refractivity contribution < 1.29 is 9.59 Å². The molecule has 1 aliphatic heterocycles. The quantitative estimate of drug-likeness (QED) is 0.517. The summed E-state index contributed by atoms with van der Waals surface area (Å²) in [6, 6.07) is 17.1. The average molecular weight is 372 g/mol. The summed E-state index contributed by atoms with van der Waals surface area (Å²) < 4.78 is 0. The number of imide groups is 1. The molecule has 4 nitrogen and oxygen atoms in total. The molecule has 0 N–H and O–H groups in total. The van der Waals surface area contributed by atoms with Crippen LogP contribution in [0.5, 0.6) is 0 Å². The van der Waals surface area contributed by atoms with Gasteiger partial charge in [0.25, 0.3) is 11.8 Å². The lowest BCUT2D eigenvalue weighted by Gasteiger charge is -2.10. The van der Waals surface area contributed by atoms with E-state index in [2.05, 4.69) is 29.0 Å². The summed E-state index contributed by atoms with van der Waals surface area (Å²) in [6.45, 7) is 0.292. The highest BCUT2D eigenvalue weighted by Crippen LogP contribution is 2.22. The van der Waals surface area contributed by atoms with Crippen LogP contribution in [0.1, 0.15) is 43.4 Å². The highest BCUT2D eigenvalue weighted by Gasteiger charge is 2.34. The summed E-state index contributed by atoms with van der Waals surface area (Å²) >= 11 is 1.59. The Morgan fingerprint density at radius 1 is 0.926 bits per heavy atom. The second-order valence-electron chi connectivity index (χ2n) is 6.15. The first kappa shape index (κ1) is 17.2. The molecule has 0 unspecified atom stereocenters. The third-order valence-corrected chi connectivity index (χ3v) is 5.15. The molecule has 0 atom stereocenters. The molecule has 2 aromatic carbocycles. The Bertz CT molecular complexity index is 1030. The molecule has 0 radical (unpaired) electrons. The Balaban J connectivity index is 1.35. The molecule has 4 rings (SSSR count). The van der Waals surface area contributed by atoms with Crippen molar-refractivity contribution in [2.24, 2.45) is 0 Å². The summed E-state index contributed by atoms with van der Waals surface area (Å²) in [7, 11) is 0. The maximum atomic E-state index is 12.3. The Hall–Kier alpha value is -3.23. The predicted molar refractivity (Wildman–Crippen MR) is 105 cm³/mol. The van der Waals surface area contributed by atoms with Gasteiger partial charge in [-0.3, -0.25) is 14.5 Å². The fraction of sp³-hybridized carbons (Fsp3) is 0.136. The van der Waals surface area contributed by atoms with Crippen molar-refractivity contribution in [1.29, 1.82) is 0 Å². The lowest BCUT2D eigenvalue weighted by Crippen LogP contribution is -2.30. The van der Waals surface area contributed by atoms with E-state index < -0.39 is 0 Å². The van der Waals surface area contributed by atoms with Crippen molar-refractivity contribution in [1.82, 2.24) is 9.88 Å². The molecular formula is C22H16N2O2S. The van der Waals surface area contributed by atoms with Gasteiger partial charge in [-0.25, -0.2) is 4.98 Å². The minimum atomic E-state index is -0.240. The van der Waals surface area contributed by atoms with Crippen molar-refractivity contribution >= 4 is 23.2 Å². The maximum Gasteiger partial charge on any atom is 0.261 e. The number of thiazole rings is 1. The van der Waals surface area contributed by atoms with Gasteiger partial charge in [0.1, 0.15) is 5.69 Å². The molecule has 0 bridgehead atoms. The van der Waals surface area contributed by atoms with E-state index in [1.165, 1.54) is 10.5 Å². The highest BCUT2D eigenvalue weighted by molar-refractivity contribution is 7.09. The molecule has 27 heavy (non-hydrogen) atoms. The van der Waals surface area contributed by atoms with Gasteiger partial charge >= 0.3 is 0 Å². The monoisotopic (exact) mass is 372 g/mol. The highest BCUT2D eigenvalue weighted by atomic mass is 32.1. The summed E-state index contributed by atoms with van der Waals surface area (Å²) in [5.41, 5.74) is 2.89. The third kappa shape index (κ3) is 3.67. The first-order valence-corrected chi connectivity index (χ1v) is 9.53. The SMILES string of the molecule is O=C1c2ccccc2C(=O)N1CCC#Cc1csc(Cc2ccccc2)n1. The van der Waals surface area contributed by atoms with Crippen molar-refractivity contribution in [2.45, 2.75) is 12.8 Å². The number of carbonyl (C=O) groups excluding carboxylic acids is 2. The van der Waals surface area contributed by atoms with E-state index in [1.807, 2.05) is 23.6 Å². The number of hydrogen-bond donors (Lipinski definition) is 0. The van der Waals surface area contributed by atoms with Crippen molar-refractivity contribution in [3.8, 4) is 11.8 Å². The molecule has 2 amide bonds. The number of rotatable bonds is 4. The van der Waals surface area contributed by atoms with Crippen molar-refractivity contribution in [3.63, 3.8) is 0 Å². The number of nitrogens with zero attached hydrogens (tertiary/aromatic N) is 2. The van der Waals surface area contributed by atoms with Crippen LogP contribution in [-0.2, 0) is 6.42 Å². The normalized spacial score (nSPS) is 12.7. The van der Waals surface area contributed by atoms with E-state index in [1.54, 1.807) is 35.6 Å². The first-order valence-electron chi connectivity index (χ1n) is 8.65. The molecule has 3 aromatic rings. The summed E-state index contributed by atoms with van der Waals surface area (Å²) in [5, 5.41) is 2.96. The minimum Gasteiger partial charge on any atom is -0.273 e. The number of hydrogen-bond acceptors (Lipinski definition) is 4. The second kappa shape index (κ2) is 7.56. The molecule has 2 heterocycles. The predicted octanol–water partition coefficient (Wildman–Crippen LogP) is 3.77. The minimum absolute atomic E-state index is 0.240. The smallest absolute Gasteiger partial charge is 0.261 e. The van der Waals surface area contributed by atoms with Crippen LogP contribution in [0.25, 0.3) is 0 Å². The second-order valence-corrected chi connectivity index (χ2v) is 7.09. The van der Waals surface area contributed by atoms with Gasteiger partial charge in [-0.2, -0.15) is 0 Å². The van der Waals surface area contributed by atoms with Crippen molar-refractivity contribution in [3.05, 3.63) is 87.4 Å². The van der Waals surface area contributed by atoms with Crippen LogP contribution in [0, 0.1) is 11.8 Å². The average Bonchev–Trinajstić information content (AvgIpc) is 3.24. The van der Waals surface area contributed by atoms with Crippen molar-refractivity contribution in [2.75, 3.05) is 6.54 Å². The summed E-state index contributed by atoms with van der Waals surface area (Å²) in [6.07, 6.45) is 1.22. The van der Waals surface area contributed by atoms with Gasteiger partial charge in [0, 0.05) is 24.8 Å². The van der Waals surface area contributed by atoms with E-state index >= 15 is 0 Å². The number of carbonyl (C=O) groups is 2. The zero-order valence-corrected chi connectivity index (χ0v) is 15.3. The van der Waals surface area contributed by atoms with Crippen LogP contribution in [0.3, 0.4) is 0 Å². The van der Waals surface area contributed by atoms with Gasteiger partial charge in [0.15, 0.2) is 0 Å². The molecule has 132 valence electrons. The zero-order valence-electron chi connectivity index (χ0n) is 14.5. The lowest BCUT2D eigenvalue weighted by atomic mass is 10.1. The van der Waals surface area contributed by atoms with E-state index in [0.717, 1.165) is 17.1 Å². The first-order chi connectivity index (χ1) is 13.2. The van der Waals surface area contributed by atoms with Gasteiger partial charge in [-0.15, -0.1) is 11.3 Å². The lowest BCUT2D eigenvalue weighted by molar-refractivity contribution is 0.0658. The van der Waals surface area contributed by atoms with Crippen LogP contribution in [0.2, 0.25) is 0 Å². The van der Waals surface area contributed by atoms with Gasteiger partial charge in [0.2, 0.25) is 0 Å². The van der Waals surface area contributed by atoms with Crippen LogP contribution in [-0.4, -0.2) is 28.2 Å². The van der Waals surface area contributed by atoms with E-state index in [9.17, 15) is 9.59 Å². The zero-order chi connectivity index (χ0) is 18.6.